The van der Waals surface area contributed by atoms with Gasteiger partial charge in [0, 0.05) is 32.0 Å². The fourth-order valence-electron chi connectivity index (χ4n) is 3.59. The van der Waals surface area contributed by atoms with E-state index in [0.29, 0.717) is 57.6 Å². The molecule has 27 heavy (non-hydrogen) atoms. The van der Waals surface area contributed by atoms with Gasteiger partial charge in [0.15, 0.2) is 0 Å². The van der Waals surface area contributed by atoms with Crippen molar-refractivity contribution < 1.29 is 22.3 Å². The van der Waals surface area contributed by atoms with Gasteiger partial charge in [0.2, 0.25) is 21.7 Å². The van der Waals surface area contributed by atoms with E-state index in [-0.39, 0.29) is 23.8 Å². The second-order valence-electron chi connectivity index (χ2n) is 7.04. The molecule has 3 heterocycles. The maximum Gasteiger partial charge on any atom is 0.254 e. The Balaban J connectivity index is 1.55. The minimum atomic E-state index is -3.21. The van der Waals surface area contributed by atoms with E-state index in [1.165, 1.54) is 16.9 Å². The van der Waals surface area contributed by atoms with Crippen LogP contribution < -0.4 is 4.74 Å². The van der Waals surface area contributed by atoms with Crippen molar-refractivity contribution in [1.82, 2.24) is 19.2 Å². The smallest absolute Gasteiger partial charge is 0.254 e. The summed E-state index contributed by atoms with van der Waals surface area (Å²) >= 11 is 0. The van der Waals surface area contributed by atoms with Crippen molar-refractivity contribution in [1.29, 1.82) is 0 Å². The third-order valence-corrected chi connectivity index (χ3v) is 6.47. The molecule has 0 radical (unpaired) electrons. The summed E-state index contributed by atoms with van der Waals surface area (Å²) in [6.07, 6.45) is 4.27. The molecule has 0 bridgehead atoms. The Morgan fingerprint density at radius 1 is 1.26 bits per heavy atom. The van der Waals surface area contributed by atoms with Crippen molar-refractivity contribution in [3.05, 3.63) is 17.8 Å². The Kier molecular flexibility index (Phi) is 5.95. The van der Waals surface area contributed by atoms with Crippen LogP contribution in [0.2, 0.25) is 0 Å². The first-order chi connectivity index (χ1) is 12.8. The molecule has 1 aromatic heterocycles. The first-order valence-electron chi connectivity index (χ1n) is 9.19. The van der Waals surface area contributed by atoms with Crippen LogP contribution in [0.4, 0.5) is 4.39 Å². The molecule has 1 atom stereocenters. The number of aromatic nitrogens is 2. The van der Waals surface area contributed by atoms with Crippen LogP contribution in [0.5, 0.6) is 5.88 Å². The third kappa shape index (κ3) is 4.55. The predicted octanol–water partition coefficient (Wildman–Crippen LogP) is 0.829. The van der Waals surface area contributed by atoms with Crippen molar-refractivity contribution >= 4 is 15.9 Å². The number of aryl methyl sites for hydroxylation is 1. The monoisotopic (exact) mass is 400 g/mol. The molecule has 0 saturated carbocycles. The number of ether oxygens (including phenoxy) is 1. The quantitative estimate of drug-likeness (QED) is 0.727. The summed E-state index contributed by atoms with van der Waals surface area (Å²) < 4.78 is 44.5. The number of nitrogens with zero attached hydrogens (tertiary/aromatic N) is 4. The van der Waals surface area contributed by atoms with Gasteiger partial charge < -0.3 is 9.64 Å². The Morgan fingerprint density at radius 2 is 1.96 bits per heavy atom. The van der Waals surface area contributed by atoms with Gasteiger partial charge in [0.25, 0.3) is 5.88 Å². The Labute approximate surface area is 158 Å². The molecule has 1 aromatic rings. The molecule has 2 aliphatic heterocycles. The zero-order chi connectivity index (χ0) is 19.6. The van der Waals surface area contributed by atoms with Crippen LogP contribution in [-0.4, -0.2) is 72.0 Å². The van der Waals surface area contributed by atoms with Crippen LogP contribution in [0.25, 0.3) is 0 Å². The molecule has 0 spiro atoms. The SMILES string of the molecule is CCc1ncnc(O[C@@H]2CCN(C(=O)C3CCN(S(C)(=O)=O)CC3)C2)c1F. The summed E-state index contributed by atoms with van der Waals surface area (Å²) in [7, 11) is -3.21. The zero-order valence-corrected chi connectivity index (χ0v) is 16.4. The Bertz CT molecular complexity index is 796. The van der Waals surface area contributed by atoms with Gasteiger partial charge in [-0.1, -0.05) is 6.92 Å². The Morgan fingerprint density at radius 3 is 2.59 bits per heavy atom. The molecule has 0 unspecified atom stereocenters. The van der Waals surface area contributed by atoms with E-state index in [2.05, 4.69) is 9.97 Å². The van der Waals surface area contributed by atoms with Gasteiger partial charge in [0.1, 0.15) is 12.4 Å². The van der Waals surface area contributed by atoms with Crippen LogP contribution in [0, 0.1) is 11.7 Å². The molecule has 2 saturated heterocycles. The topological polar surface area (TPSA) is 92.7 Å². The highest BCUT2D eigenvalue weighted by Gasteiger charge is 2.35. The minimum absolute atomic E-state index is 0.0201. The maximum atomic E-state index is 14.2. The lowest BCUT2D eigenvalue weighted by molar-refractivity contribution is -0.135. The number of carbonyl (C=O) groups is 1. The molecule has 150 valence electrons. The fourth-order valence-corrected chi connectivity index (χ4v) is 4.47. The number of piperidine rings is 1. The molecule has 8 nitrogen and oxygen atoms in total. The molecule has 0 aliphatic carbocycles. The number of carbonyl (C=O) groups excluding carboxylic acids is 1. The molecular weight excluding hydrogens is 375 g/mol. The molecule has 0 aromatic carbocycles. The first kappa shape index (κ1) is 19.9. The van der Waals surface area contributed by atoms with E-state index in [0.717, 1.165) is 0 Å². The minimum Gasteiger partial charge on any atom is -0.470 e. The summed E-state index contributed by atoms with van der Waals surface area (Å²) in [5.41, 5.74) is 0.309. The molecule has 10 heteroatoms. The first-order valence-corrected chi connectivity index (χ1v) is 11.0. The van der Waals surface area contributed by atoms with Gasteiger partial charge in [-0.15, -0.1) is 0 Å². The summed E-state index contributed by atoms with van der Waals surface area (Å²) in [5, 5.41) is 0. The van der Waals surface area contributed by atoms with Gasteiger partial charge in [-0.2, -0.15) is 9.37 Å². The van der Waals surface area contributed by atoms with Gasteiger partial charge >= 0.3 is 0 Å². The number of halogens is 1. The number of rotatable bonds is 5. The van der Waals surface area contributed by atoms with Gasteiger partial charge in [-0.3, -0.25) is 4.79 Å². The van der Waals surface area contributed by atoms with Crippen LogP contribution in [0.15, 0.2) is 6.33 Å². The van der Waals surface area contributed by atoms with Gasteiger partial charge in [-0.25, -0.2) is 17.7 Å². The maximum absolute atomic E-state index is 14.2. The molecular formula is C17H25FN4O4S. The average molecular weight is 400 g/mol. The highest BCUT2D eigenvalue weighted by molar-refractivity contribution is 7.88. The van der Waals surface area contributed by atoms with E-state index < -0.39 is 15.8 Å². The highest BCUT2D eigenvalue weighted by Crippen LogP contribution is 2.25. The van der Waals surface area contributed by atoms with E-state index >= 15 is 0 Å². The van der Waals surface area contributed by atoms with Crippen LogP contribution >= 0.6 is 0 Å². The van der Waals surface area contributed by atoms with Crippen LogP contribution in [0.3, 0.4) is 0 Å². The largest absolute Gasteiger partial charge is 0.470 e. The lowest BCUT2D eigenvalue weighted by Crippen LogP contribution is -2.43. The third-order valence-electron chi connectivity index (χ3n) is 5.17. The second kappa shape index (κ2) is 8.05. The van der Waals surface area contributed by atoms with Crippen molar-refractivity contribution in [2.45, 2.75) is 38.7 Å². The van der Waals surface area contributed by atoms with E-state index in [4.69, 9.17) is 4.74 Å². The average Bonchev–Trinajstić information content (AvgIpc) is 3.11. The lowest BCUT2D eigenvalue weighted by Gasteiger charge is -2.31. The number of sulfonamides is 1. The highest BCUT2D eigenvalue weighted by atomic mass is 32.2. The number of hydrogen-bond donors (Lipinski definition) is 0. The number of likely N-dealkylation sites (tertiary alicyclic amines) is 1. The summed E-state index contributed by atoms with van der Waals surface area (Å²) in [4.78, 5) is 22.2. The lowest BCUT2D eigenvalue weighted by atomic mass is 9.97. The predicted molar refractivity (Wildman–Crippen MR) is 96.1 cm³/mol. The normalized spacial score (nSPS) is 22.2. The summed E-state index contributed by atoms with van der Waals surface area (Å²) in [5.74, 6) is -0.767. The summed E-state index contributed by atoms with van der Waals surface area (Å²) in [6.45, 7) is 3.48. The molecule has 3 rings (SSSR count). The van der Waals surface area contributed by atoms with Crippen molar-refractivity contribution in [3.8, 4) is 5.88 Å². The van der Waals surface area contributed by atoms with Crippen LogP contribution in [-0.2, 0) is 21.2 Å². The molecule has 0 N–H and O–H groups in total. The summed E-state index contributed by atoms with van der Waals surface area (Å²) in [6, 6.07) is 0. The van der Waals surface area contributed by atoms with E-state index in [9.17, 15) is 17.6 Å². The second-order valence-corrected chi connectivity index (χ2v) is 9.02. The molecule has 1 amide bonds. The standard InChI is InChI=1S/C17H25FN4O4S/c1-3-14-15(18)16(20-11-19-14)26-13-6-7-21(10-13)17(23)12-4-8-22(9-5-12)27(2,24)25/h11-13H,3-10H2,1-2H3/t13-/m1/s1. The van der Waals surface area contributed by atoms with Gasteiger partial charge in [0.05, 0.1) is 18.5 Å². The van der Waals surface area contributed by atoms with Gasteiger partial charge in [-0.05, 0) is 19.3 Å². The fraction of sp³-hybridized carbons (Fsp3) is 0.706. The van der Waals surface area contributed by atoms with Crippen LogP contribution in [0.1, 0.15) is 31.9 Å². The van der Waals surface area contributed by atoms with Crippen molar-refractivity contribution in [2.24, 2.45) is 5.92 Å². The number of hydrogen-bond acceptors (Lipinski definition) is 6. The molecule has 2 aliphatic rings. The van der Waals surface area contributed by atoms with E-state index in [1.807, 2.05) is 0 Å². The van der Waals surface area contributed by atoms with Crippen molar-refractivity contribution in [3.63, 3.8) is 0 Å². The zero-order valence-electron chi connectivity index (χ0n) is 15.6. The van der Waals surface area contributed by atoms with Crippen molar-refractivity contribution in [2.75, 3.05) is 32.4 Å². The van der Waals surface area contributed by atoms with E-state index in [1.54, 1.807) is 11.8 Å². The number of amides is 1. The molecule has 2 fully saturated rings. The Hall–Kier alpha value is -1.81.